The highest BCUT2D eigenvalue weighted by Crippen LogP contribution is 2.23. The monoisotopic (exact) mass is 354 g/mol. The summed E-state index contributed by atoms with van der Waals surface area (Å²) in [6, 6.07) is 15.6. The van der Waals surface area contributed by atoms with E-state index in [1.165, 1.54) is 0 Å². The largest absolute Gasteiger partial charge is 0.484 e. The molecule has 1 aliphatic heterocycles. The Hall–Kier alpha value is -2.53. The van der Waals surface area contributed by atoms with Crippen LogP contribution in [0.25, 0.3) is 0 Å². The minimum Gasteiger partial charge on any atom is -0.484 e. The highest BCUT2D eigenvalue weighted by molar-refractivity contribution is 5.92. The lowest BCUT2D eigenvalue weighted by molar-refractivity contribution is -0.118. The van der Waals surface area contributed by atoms with Gasteiger partial charge in [0.05, 0.1) is 6.10 Å². The first-order chi connectivity index (χ1) is 12.6. The Bertz CT molecular complexity index is 730. The van der Waals surface area contributed by atoms with Crippen LogP contribution in [-0.4, -0.2) is 38.8 Å². The van der Waals surface area contributed by atoms with Crippen LogP contribution in [-0.2, 0) is 9.53 Å². The summed E-state index contributed by atoms with van der Waals surface area (Å²) >= 11 is 0. The van der Waals surface area contributed by atoms with E-state index in [0.717, 1.165) is 42.9 Å². The number of piperidine rings is 1. The van der Waals surface area contributed by atoms with Gasteiger partial charge in [-0.1, -0.05) is 12.1 Å². The summed E-state index contributed by atoms with van der Waals surface area (Å²) < 4.78 is 11.0. The Balaban J connectivity index is 1.51. The molecule has 1 aliphatic rings. The van der Waals surface area contributed by atoms with Crippen molar-refractivity contribution in [1.82, 2.24) is 0 Å². The van der Waals surface area contributed by atoms with Crippen molar-refractivity contribution < 1.29 is 14.3 Å². The predicted molar refractivity (Wildman–Crippen MR) is 104 cm³/mol. The molecule has 138 valence electrons. The van der Waals surface area contributed by atoms with Gasteiger partial charge in [0.2, 0.25) is 0 Å². The van der Waals surface area contributed by atoms with Crippen LogP contribution in [0.15, 0.2) is 48.5 Å². The van der Waals surface area contributed by atoms with Crippen molar-refractivity contribution in [1.29, 1.82) is 0 Å². The molecule has 0 bridgehead atoms. The van der Waals surface area contributed by atoms with Gasteiger partial charge in [-0.2, -0.15) is 0 Å². The summed E-state index contributed by atoms with van der Waals surface area (Å²) in [7, 11) is 1.77. The molecule has 0 aromatic heterocycles. The molecule has 26 heavy (non-hydrogen) atoms. The molecule has 0 radical (unpaired) electrons. The average Bonchev–Trinajstić information content (AvgIpc) is 2.67. The second-order valence-corrected chi connectivity index (χ2v) is 6.65. The fourth-order valence-corrected chi connectivity index (χ4v) is 3.17. The number of anilines is 2. The molecule has 2 aromatic rings. The lowest BCUT2D eigenvalue weighted by Gasteiger charge is -2.33. The molecule has 1 amide bonds. The maximum Gasteiger partial charge on any atom is 0.262 e. The molecule has 0 saturated carbocycles. The first kappa shape index (κ1) is 18.3. The number of rotatable bonds is 6. The zero-order valence-electron chi connectivity index (χ0n) is 15.4. The van der Waals surface area contributed by atoms with Crippen molar-refractivity contribution in [3.8, 4) is 5.75 Å². The van der Waals surface area contributed by atoms with Crippen LogP contribution >= 0.6 is 0 Å². The number of nitrogens with zero attached hydrogens (tertiary/aromatic N) is 1. The number of carbonyl (C=O) groups excluding carboxylic acids is 1. The topological polar surface area (TPSA) is 50.8 Å². The molecular formula is C21H26N2O3. The van der Waals surface area contributed by atoms with E-state index >= 15 is 0 Å². The zero-order valence-corrected chi connectivity index (χ0v) is 15.4. The smallest absolute Gasteiger partial charge is 0.262 e. The fourth-order valence-electron chi connectivity index (χ4n) is 3.17. The van der Waals surface area contributed by atoms with Crippen LogP contribution < -0.4 is 15.0 Å². The maximum absolute atomic E-state index is 12.1. The summed E-state index contributed by atoms with van der Waals surface area (Å²) in [4.78, 5) is 14.4. The van der Waals surface area contributed by atoms with Crippen LogP contribution in [0.5, 0.6) is 5.75 Å². The van der Waals surface area contributed by atoms with Gasteiger partial charge < -0.3 is 19.7 Å². The van der Waals surface area contributed by atoms with Gasteiger partial charge in [-0.3, -0.25) is 4.79 Å². The van der Waals surface area contributed by atoms with Gasteiger partial charge in [-0.15, -0.1) is 0 Å². The van der Waals surface area contributed by atoms with Gasteiger partial charge in [0.1, 0.15) is 5.75 Å². The molecule has 1 unspecified atom stereocenters. The van der Waals surface area contributed by atoms with E-state index in [0.29, 0.717) is 11.9 Å². The number of amides is 1. The van der Waals surface area contributed by atoms with Gasteiger partial charge in [0, 0.05) is 31.6 Å². The number of carbonyl (C=O) groups is 1. The summed E-state index contributed by atoms with van der Waals surface area (Å²) in [6.07, 6.45) is 2.54. The van der Waals surface area contributed by atoms with E-state index in [1.54, 1.807) is 7.11 Å². The van der Waals surface area contributed by atoms with Crippen molar-refractivity contribution >= 4 is 17.3 Å². The van der Waals surface area contributed by atoms with Crippen molar-refractivity contribution in [2.75, 3.05) is 37.0 Å². The van der Waals surface area contributed by atoms with Crippen LogP contribution in [0, 0.1) is 6.92 Å². The number of methoxy groups -OCH3 is 1. The number of hydrogen-bond donors (Lipinski definition) is 1. The first-order valence-electron chi connectivity index (χ1n) is 9.01. The first-order valence-corrected chi connectivity index (χ1v) is 9.01. The highest BCUT2D eigenvalue weighted by atomic mass is 16.5. The van der Waals surface area contributed by atoms with E-state index in [4.69, 9.17) is 9.47 Å². The third-order valence-corrected chi connectivity index (χ3v) is 4.59. The Morgan fingerprint density at radius 2 is 2.04 bits per heavy atom. The van der Waals surface area contributed by atoms with Gasteiger partial charge >= 0.3 is 0 Å². The van der Waals surface area contributed by atoms with E-state index in [1.807, 2.05) is 55.5 Å². The van der Waals surface area contributed by atoms with E-state index in [-0.39, 0.29) is 12.5 Å². The Morgan fingerprint density at radius 1 is 1.23 bits per heavy atom. The number of ether oxygens (including phenoxy) is 2. The van der Waals surface area contributed by atoms with E-state index < -0.39 is 0 Å². The van der Waals surface area contributed by atoms with Crippen molar-refractivity contribution in [3.63, 3.8) is 0 Å². The van der Waals surface area contributed by atoms with Crippen LogP contribution in [0.2, 0.25) is 0 Å². The molecule has 0 spiro atoms. The average molecular weight is 354 g/mol. The normalized spacial score (nSPS) is 17.0. The van der Waals surface area contributed by atoms with Crippen LogP contribution in [0.3, 0.4) is 0 Å². The molecule has 1 N–H and O–H groups in total. The third-order valence-electron chi connectivity index (χ3n) is 4.59. The summed E-state index contributed by atoms with van der Waals surface area (Å²) in [5, 5.41) is 2.87. The summed E-state index contributed by atoms with van der Waals surface area (Å²) in [5.74, 6) is 0.532. The molecule has 5 heteroatoms. The number of nitrogens with one attached hydrogen (secondary N) is 1. The molecule has 1 fully saturated rings. The van der Waals surface area contributed by atoms with Gasteiger partial charge in [-0.25, -0.2) is 0 Å². The Morgan fingerprint density at radius 3 is 2.77 bits per heavy atom. The summed E-state index contributed by atoms with van der Waals surface area (Å²) in [5.41, 5.74) is 3.03. The quantitative estimate of drug-likeness (QED) is 0.861. The van der Waals surface area contributed by atoms with Crippen LogP contribution in [0.1, 0.15) is 18.4 Å². The minimum atomic E-state index is -0.170. The number of aryl methyl sites for hydroxylation is 1. The van der Waals surface area contributed by atoms with Gasteiger partial charge in [0.15, 0.2) is 6.61 Å². The fraction of sp³-hybridized carbons (Fsp3) is 0.381. The van der Waals surface area contributed by atoms with Crippen molar-refractivity contribution in [2.24, 2.45) is 0 Å². The van der Waals surface area contributed by atoms with E-state index in [2.05, 4.69) is 10.2 Å². The predicted octanol–water partition coefficient (Wildman–Crippen LogP) is 3.63. The second-order valence-electron chi connectivity index (χ2n) is 6.65. The molecule has 3 rings (SSSR count). The molecule has 0 aliphatic carbocycles. The maximum atomic E-state index is 12.1. The van der Waals surface area contributed by atoms with Crippen LogP contribution in [0.4, 0.5) is 11.4 Å². The summed E-state index contributed by atoms with van der Waals surface area (Å²) in [6.45, 7) is 3.93. The zero-order chi connectivity index (χ0) is 18.4. The number of hydrogen-bond acceptors (Lipinski definition) is 4. The highest BCUT2D eigenvalue weighted by Gasteiger charge is 2.19. The lowest BCUT2D eigenvalue weighted by atomic mass is 10.1. The molecule has 5 nitrogen and oxygen atoms in total. The van der Waals surface area contributed by atoms with Gasteiger partial charge in [0.25, 0.3) is 5.91 Å². The molecule has 1 atom stereocenters. The SMILES string of the molecule is COC1CCCN(c2ccc(NC(=O)COc3cccc(C)c3)cc2)C1. The molecule has 2 aromatic carbocycles. The standard InChI is InChI=1S/C21H26N2O3/c1-16-5-3-6-19(13-16)26-15-21(24)22-17-8-10-18(11-9-17)23-12-4-7-20(14-23)25-2/h3,5-6,8-11,13,20H,4,7,12,14-15H2,1-2H3,(H,22,24). The van der Waals surface area contributed by atoms with Crippen molar-refractivity contribution in [2.45, 2.75) is 25.9 Å². The van der Waals surface area contributed by atoms with Gasteiger partial charge in [-0.05, 0) is 61.7 Å². The van der Waals surface area contributed by atoms with E-state index in [9.17, 15) is 4.79 Å². The number of benzene rings is 2. The van der Waals surface area contributed by atoms with Crippen molar-refractivity contribution in [3.05, 3.63) is 54.1 Å². The molecule has 1 heterocycles. The minimum absolute atomic E-state index is 0.00709. The second kappa shape index (κ2) is 8.72. The Kier molecular flexibility index (Phi) is 6.12. The third kappa shape index (κ3) is 4.99. The lowest BCUT2D eigenvalue weighted by Crippen LogP contribution is -2.39. The Labute approximate surface area is 154 Å². The molecular weight excluding hydrogens is 328 g/mol. The molecule has 1 saturated heterocycles.